The number of carbonyl (C=O) groups is 1. The second kappa shape index (κ2) is 10.7. The first-order chi connectivity index (χ1) is 6.06. The van der Waals surface area contributed by atoms with Gasteiger partial charge in [-0.05, 0) is 13.3 Å². The van der Waals surface area contributed by atoms with Crippen LogP contribution >= 0.6 is 0 Å². The van der Waals surface area contributed by atoms with Crippen LogP contribution in [0.1, 0.15) is 39.5 Å². The Morgan fingerprint density at radius 3 is 2.23 bits per heavy atom. The largest absolute Gasteiger partial charge is 0.478 e. The fourth-order valence-electron chi connectivity index (χ4n) is 0.454. The first-order valence-corrected chi connectivity index (χ1v) is 4.32. The summed E-state index contributed by atoms with van der Waals surface area (Å²) in [7, 11) is 0. The van der Waals surface area contributed by atoms with Crippen LogP contribution < -0.4 is 0 Å². The molecule has 0 heterocycles. The van der Waals surface area contributed by atoms with Gasteiger partial charge >= 0.3 is 5.97 Å². The van der Waals surface area contributed by atoms with Crippen molar-refractivity contribution in [1.29, 1.82) is 5.26 Å². The van der Waals surface area contributed by atoms with E-state index in [-0.39, 0.29) is 5.57 Å². The molecule has 0 aromatic rings. The van der Waals surface area contributed by atoms with Gasteiger partial charge in [0.2, 0.25) is 0 Å². The molecule has 0 rings (SSSR count). The van der Waals surface area contributed by atoms with Gasteiger partial charge in [0.15, 0.2) is 0 Å². The van der Waals surface area contributed by atoms with E-state index in [2.05, 4.69) is 19.6 Å². The number of hydrogen-bond acceptors (Lipinski definition) is 2. The minimum atomic E-state index is -0.935. The summed E-state index contributed by atoms with van der Waals surface area (Å²) >= 11 is 0. The van der Waals surface area contributed by atoms with Gasteiger partial charge in [-0.25, -0.2) is 4.79 Å². The third kappa shape index (κ3) is 18.0. The number of nitrogens with zero attached hydrogens (tertiary/aromatic N) is 1. The maximum Gasteiger partial charge on any atom is 0.330 e. The van der Waals surface area contributed by atoms with E-state index < -0.39 is 5.97 Å². The Labute approximate surface area is 79.7 Å². The highest BCUT2D eigenvalue weighted by atomic mass is 16.4. The third-order valence-corrected chi connectivity index (χ3v) is 1.26. The van der Waals surface area contributed by atoms with Crippen LogP contribution in [-0.4, -0.2) is 11.1 Å². The number of carboxylic acids is 1. The molecule has 0 aliphatic carbocycles. The second-order valence-electron chi connectivity index (χ2n) is 2.70. The Bertz CT molecular complexity index is 180. The molecule has 0 saturated carbocycles. The standard InChI is InChI=1S/C6H11N.C4H6O2/c1-2-3-4-5-6-7;1-3(2)4(5)6/h2-5H2,1H3;1H2,2H3,(H,5,6). The average molecular weight is 183 g/mol. The van der Waals surface area contributed by atoms with Crippen molar-refractivity contribution in [3.05, 3.63) is 12.2 Å². The molecule has 0 spiro atoms. The summed E-state index contributed by atoms with van der Waals surface area (Å²) in [6.45, 7) is 6.74. The lowest BCUT2D eigenvalue weighted by Gasteiger charge is -1.84. The summed E-state index contributed by atoms with van der Waals surface area (Å²) in [6.07, 6.45) is 4.22. The lowest BCUT2D eigenvalue weighted by molar-refractivity contribution is -0.132. The first kappa shape index (κ1) is 14.2. The van der Waals surface area contributed by atoms with Crippen molar-refractivity contribution in [2.75, 3.05) is 0 Å². The number of unbranched alkanes of at least 4 members (excludes halogenated alkanes) is 3. The van der Waals surface area contributed by atoms with E-state index in [1.807, 2.05) is 0 Å². The van der Waals surface area contributed by atoms with E-state index in [1.165, 1.54) is 19.8 Å². The van der Waals surface area contributed by atoms with Crippen LogP contribution in [0.15, 0.2) is 12.2 Å². The fourth-order valence-corrected chi connectivity index (χ4v) is 0.454. The Balaban J connectivity index is 0. The number of rotatable bonds is 4. The Morgan fingerprint density at radius 1 is 1.54 bits per heavy atom. The van der Waals surface area contributed by atoms with Crippen LogP contribution in [0.3, 0.4) is 0 Å². The molecule has 0 unspecified atom stereocenters. The number of nitriles is 1. The van der Waals surface area contributed by atoms with Crippen molar-refractivity contribution < 1.29 is 9.90 Å². The van der Waals surface area contributed by atoms with Crippen LogP contribution in [0.25, 0.3) is 0 Å². The molecule has 0 aliphatic heterocycles. The van der Waals surface area contributed by atoms with Crippen LogP contribution in [0.4, 0.5) is 0 Å². The third-order valence-electron chi connectivity index (χ3n) is 1.26. The van der Waals surface area contributed by atoms with Crippen LogP contribution in [0, 0.1) is 11.3 Å². The minimum absolute atomic E-state index is 0.176. The molecule has 0 bridgehead atoms. The molecule has 0 atom stereocenters. The van der Waals surface area contributed by atoms with Gasteiger partial charge in [-0.3, -0.25) is 0 Å². The topological polar surface area (TPSA) is 61.1 Å². The molecule has 3 heteroatoms. The van der Waals surface area contributed by atoms with Gasteiger partial charge in [0.1, 0.15) is 0 Å². The van der Waals surface area contributed by atoms with Gasteiger partial charge in [-0.2, -0.15) is 5.26 Å². The summed E-state index contributed by atoms with van der Waals surface area (Å²) in [4.78, 5) is 9.60. The summed E-state index contributed by atoms with van der Waals surface area (Å²) in [5.74, 6) is -0.935. The molecule has 0 aromatic heterocycles. The number of aliphatic carboxylic acids is 1. The maximum absolute atomic E-state index is 9.60. The van der Waals surface area contributed by atoms with Gasteiger partial charge in [0, 0.05) is 12.0 Å². The average Bonchev–Trinajstić information content (AvgIpc) is 2.06. The predicted octanol–water partition coefficient (Wildman–Crippen LogP) is 2.74. The molecule has 0 amide bonds. The molecule has 0 aliphatic rings. The van der Waals surface area contributed by atoms with E-state index in [4.69, 9.17) is 10.4 Å². The van der Waals surface area contributed by atoms with E-state index in [1.54, 1.807) is 0 Å². The lowest BCUT2D eigenvalue weighted by atomic mass is 10.2. The Morgan fingerprint density at radius 2 is 2.00 bits per heavy atom. The molecule has 3 nitrogen and oxygen atoms in total. The highest BCUT2D eigenvalue weighted by Gasteiger charge is 1.90. The van der Waals surface area contributed by atoms with E-state index in [0.717, 1.165) is 12.8 Å². The zero-order valence-electron chi connectivity index (χ0n) is 8.34. The SMILES string of the molecule is C=C(C)C(=O)O.CCCCCC#N. The van der Waals surface area contributed by atoms with Crippen LogP contribution in [0.5, 0.6) is 0 Å². The molecular formula is C10H17NO2. The van der Waals surface area contributed by atoms with Crippen LogP contribution in [0.2, 0.25) is 0 Å². The molecule has 13 heavy (non-hydrogen) atoms. The summed E-state index contributed by atoms with van der Waals surface area (Å²) in [6, 6.07) is 2.10. The molecule has 1 N–H and O–H groups in total. The smallest absolute Gasteiger partial charge is 0.330 e. The van der Waals surface area contributed by atoms with Crippen molar-refractivity contribution in [2.24, 2.45) is 0 Å². The predicted molar refractivity (Wildman–Crippen MR) is 52.2 cm³/mol. The van der Waals surface area contributed by atoms with Crippen molar-refractivity contribution in [3.8, 4) is 6.07 Å². The normalized spacial score (nSPS) is 7.77. The minimum Gasteiger partial charge on any atom is -0.478 e. The van der Waals surface area contributed by atoms with Crippen molar-refractivity contribution in [2.45, 2.75) is 39.5 Å². The first-order valence-electron chi connectivity index (χ1n) is 4.32. The van der Waals surface area contributed by atoms with E-state index in [0.29, 0.717) is 0 Å². The maximum atomic E-state index is 9.60. The summed E-state index contributed by atoms with van der Waals surface area (Å²) in [5, 5.41) is 15.9. The molecular weight excluding hydrogens is 166 g/mol. The highest BCUT2D eigenvalue weighted by molar-refractivity contribution is 5.84. The van der Waals surface area contributed by atoms with E-state index in [9.17, 15) is 4.79 Å². The molecule has 0 fully saturated rings. The van der Waals surface area contributed by atoms with Crippen LogP contribution in [-0.2, 0) is 4.79 Å². The van der Waals surface area contributed by atoms with E-state index >= 15 is 0 Å². The Kier molecular flexibility index (Phi) is 11.7. The van der Waals surface area contributed by atoms with Crippen molar-refractivity contribution in [1.82, 2.24) is 0 Å². The monoisotopic (exact) mass is 183 g/mol. The van der Waals surface area contributed by atoms with Crippen molar-refractivity contribution >= 4 is 5.97 Å². The summed E-state index contributed by atoms with van der Waals surface area (Å²) < 4.78 is 0. The fraction of sp³-hybridized carbons (Fsp3) is 0.600. The second-order valence-corrected chi connectivity index (χ2v) is 2.70. The number of carboxylic acid groups (broad SMARTS) is 1. The summed E-state index contributed by atoms with van der Waals surface area (Å²) in [5.41, 5.74) is 0.176. The molecule has 0 aromatic carbocycles. The zero-order valence-corrected chi connectivity index (χ0v) is 8.34. The lowest BCUT2D eigenvalue weighted by Crippen LogP contribution is -1.92. The van der Waals surface area contributed by atoms with Gasteiger partial charge in [0.25, 0.3) is 0 Å². The van der Waals surface area contributed by atoms with Gasteiger partial charge in [-0.1, -0.05) is 26.3 Å². The zero-order chi connectivity index (χ0) is 10.7. The number of hydrogen-bond donors (Lipinski definition) is 1. The quantitative estimate of drug-likeness (QED) is 0.538. The van der Waals surface area contributed by atoms with Gasteiger partial charge in [0.05, 0.1) is 6.07 Å². The Hall–Kier alpha value is -1.30. The van der Waals surface area contributed by atoms with Gasteiger partial charge in [-0.15, -0.1) is 0 Å². The highest BCUT2D eigenvalue weighted by Crippen LogP contribution is 1.95. The van der Waals surface area contributed by atoms with Crippen molar-refractivity contribution in [3.63, 3.8) is 0 Å². The molecule has 74 valence electrons. The van der Waals surface area contributed by atoms with Gasteiger partial charge < -0.3 is 5.11 Å². The molecule has 0 radical (unpaired) electrons. The molecule has 0 saturated heterocycles.